The van der Waals surface area contributed by atoms with E-state index in [9.17, 15) is 0 Å². The fraction of sp³-hybridized carbons (Fsp3) is 1.00. The third kappa shape index (κ3) is 18.3. The van der Waals surface area contributed by atoms with Crippen LogP contribution in [0.25, 0.3) is 0 Å². The van der Waals surface area contributed by atoms with Gasteiger partial charge in [-0.1, -0.05) is 0 Å². The van der Waals surface area contributed by atoms with Crippen LogP contribution in [0.3, 0.4) is 0 Å². The van der Waals surface area contributed by atoms with E-state index in [1.165, 1.54) is 0 Å². The molecule has 1 aliphatic rings. The Kier molecular flexibility index (Phi) is 16.8. The Morgan fingerprint density at radius 1 is 0.560 bits per heavy atom. The molecule has 0 radical (unpaired) electrons. The summed E-state index contributed by atoms with van der Waals surface area (Å²) in [6.07, 6.45) is 0.313. The first kappa shape index (κ1) is 22.7. The normalized spacial score (nSPS) is 16.4. The first-order valence-electron chi connectivity index (χ1n) is 9.09. The smallest absolute Gasteiger partial charge is 0.104 e. The van der Waals surface area contributed by atoms with Gasteiger partial charge in [0.25, 0.3) is 0 Å². The predicted octanol–water partition coefficient (Wildman–Crippen LogP) is 0.521. The highest BCUT2D eigenvalue weighted by Crippen LogP contribution is 2.07. The van der Waals surface area contributed by atoms with E-state index in [1.54, 1.807) is 0 Å². The number of hydrogen-bond acceptors (Lipinski definition) is 8. The SMILES string of the molecule is CCOCCOCCOCCOCCOCCOCCOCC1CO1. The van der Waals surface area contributed by atoms with Crippen LogP contribution in [-0.2, 0) is 37.9 Å². The molecule has 0 aromatic carbocycles. The molecule has 0 spiro atoms. The van der Waals surface area contributed by atoms with Crippen LogP contribution in [0.5, 0.6) is 0 Å². The maximum atomic E-state index is 5.40. The maximum absolute atomic E-state index is 5.40. The molecular weight excluding hydrogens is 332 g/mol. The third-order valence-corrected chi connectivity index (χ3v) is 3.14. The third-order valence-electron chi connectivity index (χ3n) is 3.14. The van der Waals surface area contributed by atoms with Crippen LogP contribution in [0, 0.1) is 0 Å². The van der Waals surface area contributed by atoms with Gasteiger partial charge in [-0.15, -0.1) is 0 Å². The monoisotopic (exact) mass is 366 g/mol. The van der Waals surface area contributed by atoms with Gasteiger partial charge in [0, 0.05) is 6.61 Å². The van der Waals surface area contributed by atoms with Crippen molar-refractivity contribution in [2.45, 2.75) is 13.0 Å². The zero-order valence-electron chi connectivity index (χ0n) is 15.4. The van der Waals surface area contributed by atoms with Gasteiger partial charge in [0.1, 0.15) is 6.10 Å². The van der Waals surface area contributed by atoms with Gasteiger partial charge in [0.2, 0.25) is 0 Å². The first-order chi connectivity index (χ1) is 12.4. The largest absolute Gasteiger partial charge is 0.379 e. The van der Waals surface area contributed by atoms with Crippen LogP contribution >= 0.6 is 0 Å². The zero-order valence-corrected chi connectivity index (χ0v) is 15.4. The van der Waals surface area contributed by atoms with Crippen molar-refractivity contribution < 1.29 is 37.9 Å². The predicted molar refractivity (Wildman–Crippen MR) is 91.1 cm³/mol. The summed E-state index contributed by atoms with van der Waals surface area (Å²) in [5.74, 6) is 0. The van der Waals surface area contributed by atoms with E-state index >= 15 is 0 Å². The van der Waals surface area contributed by atoms with Crippen LogP contribution in [0.15, 0.2) is 0 Å². The molecule has 1 atom stereocenters. The van der Waals surface area contributed by atoms with Crippen molar-refractivity contribution in [2.24, 2.45) is 0 Å². The Labute approximate surface area is 150 Å². The van der Waals surface area contributed by atoms with Crippen molar-refractivity contribution in [1.82, 2.24) is 0 Å². The molecule has 0 bridgehead atoms. The lowest BCUT2D eigenvalue weighted by atomic mass is 10.5. The van der Waals surface area contributed by atoms with Crippen molar-refractivity contribution in [3.63, 3.8) is 0 Å². The summed E-state index contributed by atoms with van der Waals surface area (Å²) in [7, 11) is 0. The summed E-state index contributed by atoms with van der Waals surface area (Å²) >= 11 is 0. The van der Waals surface area contributed by atoms with Crippen molar-refractivity contribution in [3.8, 4) is 0 Å². The molecule has 0 aromatic rings. The van der Waals surface area contributed by atoms with E-state index in [-0.39, 0.29) is 0 Å². The topological polar surface area (TPSA) is 77.1 Å². The molecule has 150 valence electrons. The van der Waals surface area contributed by atoms with E-state index < -0.39 is 0 Å². The fourth-order valence-electron chi connectivity index (χ4n) is 1.74. The van der Waals surface area contributed by atoms with Crippen molar-refractivity contribution in [1.29, 1.82) is 0 Å². The van der Waals surface area contributed by atoms with Gasteiger partial charge in [0.15, 0.2) is 0 Å². The standard InChI is InChI=1S/C17H34O8/c1-2-18-3-4-19-5-6-20-7-8-21-9-10-22-11-12-23-13-14-24-15-17-16-25-17/h17H,2-16H2,1H3. The summed E-state index contributed by atoms with van der Waals surface area (Å²) in [6, 6.07) is 0. The molecule has 1 saturated heterocycles. The molecule has 0 amide bonds. The van der Waals surface area contributed by atoms with E-state index in [4.69, 9.17) is 37.9 Å². The molecular formula is C17H34O8. The average molecular weight is 366 g/mol. The van der Waals surface area contributed by atoms with E-state index in [0.717, 1.165) is 13.2 Å². The molecule has 1 aliphatic heterocycles. The number of ether oxygens (including phenoxy) is 8. The minimum absolute atomic E-state index is 0.313. The van der Waals surface area contributed by atoms with Crippen LogP contribution < -0.4 is 0 Å². The summed E-state index contributed by atoms with van der Waals surface area (Å²) in [5, 5.41) is 0. The van der Waals surface area contributed by atoms with Gasteiger partial charge in [-0.2, -0.15) is 0 Å². The lowest BCUT2D eigenvalue weighted by Crippen LogP contribution is -2.14. The molecule has 1 unspecified atom stereocenters. The number of hydrogen-bond donors (Lipinski definition) is 0. The van der Waals surface area contributed by atoms with Gasteiger partial charge >= 0.3 is 0 Å². The van der Waals surface area contributed by atoms with Crippen LogP contribution in [0.2, 0.25) is 0 Å². The zero-order chi connectivity index (χ0) is 17.8. The summed E-state index contributed by atoms with van der Waals surface area (Å²) in [4.78, 5) is 0. The van der Waals surface area contributed by atoms with E-state index in [1.807, 2.05) is 6.92 Å². The molecule has 1 fully saturated rings. The Morgan fingerprint density at radius 3 is 1.20 bits per heavy atom. The summed E-state index contributed by atoms with van der Waals surface area (Å²) in [5.41, 5.74) is 0. The van der Waals surface area contributed by atoms with Crippen molar-refractivity contribution >= 4 is 0 Å². The molecule has 1 heterocycles. The number of rotatable bonds is 21. The van der Waals surface area contributed by atoms with Gasteiger partial charge in [-0.25, -0.2) is 0 Å². The highest BCUT2D eigenvalue weighted by Gasteiger charge is 2.21. The lowest BCUT2D eigenvalue weighted by molar-refractivity contribution is -0.0205. The maximum Gasteiger partial charge on any atom is 0.104 e. The van der Waals surface area contributed by atoms with E-state index in [2.05, 4.69) is 0 Å². The molecule has 0 N–H and O–H groups in total. The van der Waals surface area contributed by atoms with Crippen molar-refractivity contribution in [2.75, 3.05) is 99.1 Å². The molecule has 0 saturated carbocycles. The Bertz CT molecular complexity index is 263. The first-order valence-corrected chi connectivity index (χ1v) is 9.09. The molecule has 8 nitrogen and oxygen atoms in total. The molecule has 25 heavy (non-hydrogen) atoms. The Balaban J connectivity index is 1.59. The Morgan fingerprint density at radius 2 is 0.880 bits per heavy atom. The quantitative estimate of drug-likeness (QED) is 0.215. The fourth-order valence-corrected chi connectivity index (χ4v) is 1.74. The van der Waals surface area contributed by atoms with Crippen LogP contribution in [0.4, 0.5) is 0 Å². The minimum atomic E-state index is 0.313. The number of epoxide rings is 1. The van der Waals surface area contributed by atoms with Crippen molar-refractivity contribution in [3.05, 3.63) is 0 Å². The molecule has 0 aliphatic carbocycles. The summed E-state index contributed by atoms with van der Waals surface area (Å²) in [6.45, 7) is 11.1. The second-order valence-corrected chi connectivity index (χ2v) is 5.29. The summed E-state index contributed by atoms with van der Waals surface area (Å²) < 4.78 is 42.4. The van der Waals surface area contributed by atoms with Gasteiger partial charge < -0.3 is 37.9 Å². The second kappa shape index (κ2) is 18.5. The minimum Gasteiger partial charge on any atom is -0.379 e. The highest BCUT2D eigenvalue weighted by atomic mass is 16.6. The Hall–Kier alpha value is -0.320. The average Bonchev–Trinajstić information content (AvgIpc) is 3.44. The molecule has 0 aromatic heterocycles. The van der Waals surface area contributed by atoms with E-state index in [0.29, 0.717) is 92.0 Å². The van der Waals surface area contributed by atoms with Gasteiger partial charge in [-0.05, 0) is 6.92 Å². The molecule has 1 rings (SSSR count). The highest BCUT2D eigenvalue weighted by molar-refractivity contribution is 4.66. The second-order valence-electron chi connectivity index (χ2n) is 5.29. The van der Waals surface area contributed by atoms with Gasteiger partial charge in [-0.3, -0.25) is 0 Å². The molecule has 8 heteroatoms. The van der Waals surface area contributed by atoms with Crippen LogP contribution in [0.1, 0.15) is 6.92 Å². The lowest BCUT2D eigenvalue weighted by Gasteiger charge is -2.08. The van der Waals surface area contributed by atoms with Gasteiger partial charge in [0.05, 0.1) is 92.5 Å². The van der Waals surface area contributed by atoms with Crippen LogP contribution in [-0.4, -0.2) is 105 Å².